The Labute approximate surface area is 68.1 Å². The maximum Gasteiger partial charge on any atom is 0.319 e. The molecule has 1 atom stereocenters. The molecule has 0 aliphatic carbocycles. The lowest BCUT2D eigenvalue weighted by molar-refractivity contribution is -0.142. The molecule has 0 aliphatic heterocycles. The van der Waals surface area contributed by atoms with E-state index in [1.165, 1.54) is 0 Å². The van der Waals surface area contributed by atoms with Crippen molar-refractivity contribution in [1.29, 1.82) is 0 Å². The van der Waals surface area contributed by atoms with Gasteiger partial charge in [0.25, 0.3) is 0 Å². The maximum absolute atomic E-state index is 10.8. The molecule has 0 radical (unpaired) electrons. The van der Waals surface area contributed by atoms with Crippen LogP contribution in [0.4, 0.5) is 0 Å². The van der Waals surface area contributed by atoms with Crippen LogP contribution in [0.1, 0.15) is 27.2 Å². The fraction of sp³-hybridized carbons (Fsp3) is 0.875. The van der Waals surface area contributed by atoms with E-state index in [1.807, 2.05) is 6.92 Å². The largest absolute Gasteiger partial charge is 0.465 e. The molecule has 0 aromatic carbocycles. The first-order valence-electron chi connectivity index (χ1n) is 4.09. The third kappa shape index (κ3) is 5.85. The van der Waals surface area contributed by atoms with Gasteiger partial charge in [-0.05, 0) is 20.3 Å². The van der Waals surface area contributed by atoms with Crippen molar-refractivity contribution in [2.45, 2.75) is 33.2 Å². The Morgan fingerprint density at radius 1 is 1.55 bits per heavy atom. The summed E-state index contributed by atoms with van der Waals surface area (Å²) in [6, 6.07) is 0.388. The Bertz CT molecular complexity index is 115. The number of esters is 1. The van der Waals surface area contributed by atoms with Crippen LogP contribution in [0.3, 0.4) is 0 Å². The zero-order valence-electron chi connectivity index (χ0n) is 7.52. The molecule has 0 aromatic heterocycles. The second kappa shape index (κ2) is 6.16. The molecule has 0 fully saturated rings. The van der Waals surface area contributed by atoms with Gasteiger partial charge in [0.05, 0.1) is 13.2 Å². The fourth-order valence-electron chi connectivity index (χ4n) is 0.614. The third-order valence-electron chi connectivity index (χ3n) is 1.51. The Kier molecular flexibility index (Phi) is 5.84. The molecule has 0 aliphatic rings. The first-order chi connectivity index (χ1) is 5.20. The van der Waals surface area contributed by atoms with Crippen molar-refractivity contribution in [3.8, 4) is 0 Å². The predicted molar refractivity (Wildman–Crippen MR) is 44.4 cm³/mol. The average molecular weight is 159 g/mol. The van der Waals surface area contributed by atoms with Gasteiger partial charge >= 0.3 is 5.97 Å². The highest BCUT2D eigenvalue weighted by Gasteiger charge is 2.02. The number of carbonyl (C=O) groups excluding carboxylic acids is 1. The number of nitrogens with one attached hydrogen (secondary N) is 1. The lowest BCUT2D eigenvalue weighted by atomic mass is 10.3. The molecule has 0 saturated heterocycles. The van der Waals surface area contributed by atoms with E-state index in [1.54, 1.807) is 6.92 Å². The van der Waals surface area contributed by atoms with Gasteiger partial charge in [0.2, 0.25) is 0 Å². The van der Waals surface area contributed by atoms with Crippen LogP contribution in [0, 0.1) is 0 Å². The van der Waals surface area contributed by atoms with Gasteiger partial charge in [-0.15, -0.1) is 0 Å². The number of rotatable bonds is 5. The minimum atomic E-state index is -0.173. The molecule has 1 N–H and O–H groups in total. The molecule has 3 heteroatoms. The van der Waals surface area contributed by atoms with E-state index < -0.39 is 0 Å². The standard InChI is InChI=1S/C8H17NO2/c1-4-7(3)9-6-8(10)11-5-2/h7,9H,4-6H2,1-3H3/t7-/m1/s1. The summed E-state index contributed by atoms with van der Waals surface area (Å²) in [6.45, 7) is 6.70. The summed E-state index contributed by atoms with van der Waals surface area (Å²) < 4.78 is 4.74. The van der Waals surface area contributed by atoms with Crippen molar-refractivity contribution in [2.75, 3.05) is 13.2 Å². The van der Waals surface area contributed by atoms with E-state index in [9.17, 15) is 4.79 Å². The van der Waals surface area contributed by atoms with Crippen LogP contribution >= 0.6 is 0 Å². The summed E-state index contributed by atoms with van der Waals surface area (Å²) in [4.78, 5) is 10.8. The molecule has 66 valence electrons. The zero-order chi connectivity index (χ0) is 8.69. The highest BCUT2D eigenvalue weighted by molar-refractivity contribution is 5.71. The minimum absolute atomic E-state index is 0.173. The monoisotopic (exact) mass is 159 g/mol. The smallest absolute Gasteiger partial charge is 0.319 e. The Morgan fingerprint density at radius 2 is 2.18 bits per heavy atom. The lowest BCUT2D eigenvalue weighted by Gasteiger charge is -2.09. The minimum Gasteiger partial charge on any atom is -0.465 e. The molecule has 0 aromatic rings. The van der Waals surface area contributed by atoms with Crippen molar-refractivity contribution in [3.05, 3.63) is 0 Å². The molecule has 11 heavy (non-hydrogen) atoms. The highest BCUT2D eigenvalue weighted by atomic mass is 16.5. The van der Waals surface area contributed by atoms with Crippen LogP contribution in [0.15, 0.2) is 0 Å². The van der Waals surface area contributed by atoms with E-state index in [4.69, 9.17) is 4.74 Å². The summed E-state index contributed by atoms with van der Waals surface area (Å²) in [5.41, 5.74) is 0. The van der Waals surface area contributed by atoms with Crippen LogP contribution in [0.2, 0.25) is 0 Å². The number of ether oxygens (including phenoxy) is 1. The topological polar surface area (TPSA) is 38.3 Å². The van der Waals surface area contributed by atoms with E-state index >= 15 is 0 Å². The summed E-state index contributed by atoms with van der Waals surface area (Å²) in [5.74, 6) is -0.173. The molecular weight excluding hydrogens is 142 g/mol. The SMILES string of the molecule is CCOC(=O)CN[C@H](C)CC. The molecular formula is C8H17NO2. The fourth-order valence-corrected chi connectivity index (χ4v) is 0.614. The van der Waals surface area contributed by atoms with Crippen molar-refractivity contribution in [1.82, 2.24) is 5.32 Å². The first-order valence-corrected chi connectivity index (χ1v) is 4.09. The Balaban J connectivity index is 3.30. The van der Waals surface area contributed by atoms with Crippen molar-refractivity contribution < 1.29 is 9.53 Å². The quantitative estimate of drug-likeness (QED) is 0.607. The van der Waals surface area contributed by atoms with E-state index in [-0.39, 0.29) is 5.97 Å². The second-order valence-corrected chi connectivity index (χ2v) is 2.50. The summed E-state index contributed by atoms with van der Waals surface area (Å²) >= 11 is 0. The Hall–Kier alpha value is -0.570. The predicted octanol–water partition coefficient (Wildman–Crippen LogP) is 0.938. The van der Waals surface area contributed by atoms with E-state index in [0.29, 0.717) is 19.2 Å². The molecule has 0 saturated carbocycles. The average Bonchev–Trinajstić information content (AvgIpc) is 2.01. The number of hydrogen-bond acceptors (Lipinski definition) is 3. The number of carbonyl (C=O) groups is 1. The van der Waals surface area contributed by atoms with Gasteiger partial charge in [-0.1, -0.05) is 6.92 Å². The van der Waals surface area contributed by atoms with Gasteiger partial charge in [0.15, 0.2) is 0 Å². The van der Waals surface area contributed by atoms with Gasteiger partial charge in [0.1, 0.15) is 0 Å². The molecule has 0 rings (SSSR count). The highest BCUT2D eigenvalue weighted by Crippen LogP contribution is 1.86. The van der Waals surface area contributed by atoms with Gasteiger partial charge in [0, 0.05) is 6.04 Å². The summed E-state index contributed by atoms with van der Waals surface area (Å²) in [6.07, 6.45) is 1.03. The van der Waals surface area contributed by atoms with E-state index in [0.717, 1.165) is 6.42 Å². The van der Waals surface area contributed by atoms with Gasteiger partial charge in [-0.25, -0.2) is 0 Å². The van der Waals surface area contributed by atoms with Crippen molar-refractivity contribution >= 4 is 5.97 Å². The van der Waals surface area contributed by atoms with Crippen molar-refractivity contribution in [3.63, 3.8) is 0 Å². The Morgan fingerprint density at radius 3 is 2.64 bits per heavy atom. The maximum atomic E-state index is 10.8. The van der Waals surface area contributed by atoms with E-state index in [2.05, 4.69) is 12.2 Å². The van der Waals surface area contributed by atoms with Crippen LogP contribution in [-0.4, -0.2) is 25.2 Å². The molecule has 3 nitrogen and oxygen atoms in total. The van der Waals surface area contributed by atoms with Crippen molar-refractivity contribution in [2.24, 2.45) is 0 Å². The number of hydrogen-bond donors (Lipinski definition) is 1. The van der Waals surface area contributed by atoms with Gasteiger partial charge < -0.3 is 10.1 Å². The zero-order valence-corrected chi connectivity index (χ0v) is 7.52. The van der Waals surface area contributed by atoms with Gasteiger partial charge in [-0.3, -0.25) is 4.79 Å². The van der Waals surface area contributed by atoms with Crippen LogP contribution in [0.5, 0.6) is 0 Å². The molecule has 0 spiro atoms. The normalized spacial score (nSPS) is 12.6. The van der Waals surface area contributed by atoms with Crippen LogP contribution in [0.25, 0.3) is 0 Å². The van der Waals surface area contributed by atoms with Crippen LogP contribution < -0.4 is 5.32 Å². The summed E-state index contributed by atoms with van der Waals surface area (Å²) in [5, 5.41) is 3.04. The lowest BCUT2D eigenvalue weighted by Crippen LogP contribution is -2.31. The first kappa shape index (κ1) is 10.4. The summed E-state index contributed by atoms with van der Waals surface area (Å²) in [7, 11) is 0. The van der Waals surface area contributed by atoms with Crippen LogP contribution in [-0.2, 0) is 9.53 Å². The molecule has 0 bridgehead atoms. The molecule has 0 unspecified atom stereocenters. The van der Waals surface area contributed by atoms with Gasteiger partial charge in [-0.2, -0.15) is 0 Å². The molecule has 0 amide bonds. The molecule has 0 heterocycles. The second-order valence-electron chi connectivity index (χ2n) is 2.50. The third-order valence-corrected chi connectivity index (χ3v) is 1.51.